The summed E-state index contributed by atoms with van der Waals surface area (Å²) in [5.41, 5.74) is 3.22. The Balaban J connectivity index is 1.88. The molecule has 0 fully saturated rings. The molecule has 0 saturated carbocycles. The number of benzene rings is 2. The lowest BCUT2D eigenvalue weighted by Crippen LogP contribution is -2.31. The van der Waals surface area contributed by atoms with Crippen LogP contribution in [0.4, 0.5) is 5.69 Å². The van der Waals surface area contributed by atoms with Gasteiger partial charge in [0.15, 0.2) is 11.5 Å². The van der Waals surface area contributed by atoms with Gasteiger partial charge in [-0.25, -0.2) is 4.79 Å². The minimum absolute atomic E-state index is 0.0389. The number of rotatable bonds is 4. The zero-order valence-electron chi connectivity index (χ0n) is 16.0. The maximum absolute atomic E-state index is 12.4. The number of halogens is 1. The molecule has 1 aliphatic heterocycles. The molecule has 3 atom stereocenters. The Morgan fingerprint density at radius 1 is 1.14 bits per heavy atom. The number of methoxy groups -OCH3 is 3. The first-order valence-corrected chi connectivity index (χ1v) is 9.53. The Bertz CT molecular complexity index is 956. The van der Waals surface area contributed by atoms with Gasteiger partial charge in [-0.15, -0.1) is 0 Å². The molecule has 0 aromatic heterocycles. The summed E-state index contributed by atoms with van der Waals surface area (Å²) in [5, 5.41) is 4.16. The van der Waals surface area contributed by atoms with Crippen molar-refractivity contribution in [3.05, 3.63) is 64.2 Å². The predicted molar refractivity (Wildman–Crippen MR) is 109 cm³/mol. The van der Waals surface area contributed by atoms with E-state index in [2.05, 4.69) is 17.5 Å². The van der Waals surface area contributed by atoms with Crippen molar-refractivity contribution in [1.82, 2.24) is 0 Å². The number of esters is 1. The SMILES string of the molecule is COC(=O)c1ccc(Cl)c2c1[C@@H]1C=CC[C@H]1[C@H](c1cccc(OC)c1OC)N2. The normalized spacial score (nSPS) is 22.1. The lowest BCUT2D eigenvalue weighted by atomic mass is 9.75. The van der Waals surface area contributed by atoms with E-state index in [0.29, 0.717) is 22.1 Å². The van der Waals surface area contributed by atoms with Gasteiger partial charge in [-0.2, -0.15) is 0 Å². The van der Waals surface area contributed by atoms with E-state index in [1.807, 2.05) is 18.2 Å². The number of ether oxygens (including phenoxy) is 3. The first-order valence-electron chi connectivity index (χ1n) is 9.15. The summed E-state index contributed by atoms with van der Waals surface area (Å²) in [5.74, 6) is 1.31. The third kappa shape index (κ3) is 2.81. The largest absolute Gasteiger partial charge is 0.493 e. The van der Waals surface area contributed by atoms with Crippen molar-refractivity contribution in [2.45, 2.75) is 18.4 Å². The van der Waals surface area contributed by atoms with Crippen LogP contribution in [-0.2, 0) is 4.74 Å². The highest BCUT2D eigenvalue weighted by molar-refractivity contribution is 6.33. The Kier molecular flexibility index (Phi) is 4.94. The van der Waals surface area contributed by atoms with Gasteiger partial charge in [0.05, 0.1) is 43.6 Å². The zero-order chi connectivity index (χ0) is 19.8. The summed E-state index contributed by atoms with van der Waals surface area (Å²) >= 11 is 6.54. The Morgan fingerprint density at radius 3 is 2.68 bits per heavy atom. The number of anilines is 1. The van der Waals surface area contributed by atoms with Crippen molar-refractivity contribution in [3.8, 4) is 11.5 Å². The molecule has 2 aromatic rings. The minimum atomic E-state index is -0.355. The van der Waals surface area contributed by atoms with Crippen LogP contribution in [0.1, 0.15) is 39.9 Å². The maximum Gasteiger partial charge on any atom is 0.338 e. The van der Waals surface area contributed by atoms with Crippen molar-refractivity contribution >= 4 is 23.3 Å². The van der Waals surface area contributed by atoms with E-state index in [1.165, 1.54) is 7.11 Å². The van der Waals surface area contributed by atoms with Crippen molar-refractivity contribution < 1.29 is 19.0 Å². The van der Waals surface area contributed by atoms with Crippen LogP contribution in [0.2, 0.25) is 5.02 Å². The second-order valence-corrected chi connectivity index (χ2v) is 7.34. The van der Waals surface area contributed by atoms with E-state index in [-0.39, 0.29) is 23.8 Å². The molecule has 2 aromatic carbocycles. The van der Waals surface area contributed by atoms with Crippen molar-refractivity contribution in [2.24, 2.45) is 5.92 Å². The standard InChI is InChI=1S/C22H22ClNO4/c1-26-17-9-5-8-15(21(17)27-2)19-13-7-4-6-12(13)18-14(22(25)28-3)10-11-16(23)20(18)24-19/h4-6,8-13,19,24H,7H2,1-3H3/t12-,13-,19-/m1/s1. The molecular weight excluding hydrogens is 378 g/mol. The fraction of sp³-hybridized carbons (Fsp3) is 0.318. The fourth-order valence-corrected chi connectivity index (χ4v) is 4.65. The average molecular weight is 400 g/mol. The van der Waals surface area contributed by atoms with E-state index in [1.54, 1.807) is 26.4 Å². The minimum Gasteiger partial charge on any atom is -0.493 e. The molecule has 28 heavy (non-hydrogen) atoms. The average Bonchev–Trinajstić information content (AvgIpc) is 3.22. The third-order valence-corrected chi connectivity index (χ3v) is 5.96. The lowest BCUT2D eigenvalue weighted by molar-refractivity contribution is 0.0598. The smallest absolute Gasteiger partial charge is 0.338 e. The van der Waals surface area contributed by atoms with Gasteiger partial charge in [0.1, 0.15) is 0 Å². The van der Waals surface area contributed by atoms with Gasteiger partial charge in [0.2, 0.25) is 0 Å². The summed E-state index contributed by atoms with van der Waals surface area (Å²) < 4.78 is 16.2. The van der Waals surface area contributed by atoms with E-state index in [4.69, 9.17) is 25.8 Å². The summed E-state index contributed by atoms with van der Waals surface area (Å²) in [4.78, 5) is 12.4. The number of carbonyl (C=O) groups excluding carboxylic acids is 1. The highest BCUT2D eigenvalue weighted by Crippen LogP contribution is 2.54. The van der Waals surface area contributed by atoms with Gasteiger partial charge in [-0.3, -0.25) is 0 Å². The number of carbonyl (C=O) groups is 1. The number of allylic oxidation sites excluding steroid dienone is 2. The monoisotopic (exact) mass is 399 g/mol. The van der Waals surface area contributed by atoms with E-state index in [0.717, 1.165) is 23.2 Å². The molecule has 0 amide bonds. The molecular formula is C22H22ClNO4. The molecule has 1 heterocycles. The second kappa shape index (κ2) is 7.40. The Hall–Kier alpha value is -2.66. The summed E-state index contributed by atoms with van der Waals surface area (Å²) in [6, 6.07) is 9.31. The van der Waals surface area contributed by atoms with Gasteiger partial charge >= 0.3 is 5.97 Å². The van der Waals surface area contributed by atoms with Crippen LogP contribution in [0.5, 0.6) is 11.5 Å². The van der Waals surface area contributed by atoms with Crippen molar-refractivity contribution in [2.75, 3.05) is 26.6 Å². The van der Waals surface area contributed by atoms with Gasteiger partial charge in [-0.1, -0.05) is 35.9 Å². The highest BCUT2D eigenvalue weighted by Gasteiger charge is 2.42. The summed E-state index contributed by atoms with van der Waals surface area (Å²) in [6.07, 6.45) is 5.20. The first-order chi connectivity index (χ1) is 13.6. The second-order valence-electron chi connectivity index (χ2n) is 6.93. The van der Waals surface area contributed by atoms with Crippen LogP contribution in [-0.4, -0.2) is 27.3 Å². The lowest BCUT2D eigenvalue weighted by Gasteiger charge is -2.39. The first kappa shape index (κ1) is 18.7. The van der Waals surface area contributed by atoms with Crippen LogP contribution < -0.4 is 14.8 Å². The van der Waals surface area contributed by atoms with Crippen LogP contribution >= 0.6 is 11.6 Å². The van der Waals surface area contributed by atoms with Crippen LogP contribution in [0, 0.1) is 5.92 Å². The molecule has 0 saturated heterocycles. The number of fused-ring (bicyclic) bond motifs is 3. The molecule has 146 valence electrons. The molecule has 0 spiro atoms. The van der Waals surface area contributed by atoms with E-state index in [9.17, 15) is 4.79 Å². The molecule has 5 nitrogen and oxygen atoms in total. The van der Waals surface area contributed by atoms with Gasteiger partial charge in [0, 0.05) is 11.5 Å². The number of nitrogens with one attached hydrogen (secondary N) is 1. The van der Waals surface area contributed by atoms with Crippen LogP contribution in [0.25, 0.3) is 0 Å². The summed E-state index contributed by atoms with van der Waals surface area (Å²) in [6.45, 7) is 0. The molecule has 0 bridgehead atoms. The number of para-hydroxylation sites is 1. The molecule has 1 N–H and O–H groups in total. The topological polar surface area (TPSA) is 56.8 Å². The molecule has 6 heteroatoms. The van der Waals surface area contributed by atoms with E-state index < -0.39 is 0 Å². The molecule has 2 aliphatic rings. The molecule has 0 radical (unpaired) electrons. The summed E-state index contributed by atoms with van der Waals surface area (Å²) in [7, 11) is 4.67. The number of hydrogen-bond acceptors (Lipinski definition) is 5. The van der Waals surface area contributed by atoms with Gasteiger partial charge < -0.3 is 19.5 Å². The van der Waals surface area contributed by atoms with Crippen LogP contribution in [0.3, 0.4) is 0 Å². The Morgan fingerprint density at radius 2 is 1.96 bits per heavy atom. The van der Waals surface area contributed by atoms with E-state index >= 15 is 0 Å². The van der Waals surface area contributed by atoms with Gasteiger partial charge in [0.25, 0.3) is 0 Å². The quantitative estimate of drug-likeness (QED) is 0.581. The van der Waals surface area contributed by atoms with Crippen LogP contribution in [0.15, 0.2) is 42.5 Å². The Labute approximate surface area is 169 Å². The predicted octanol–water partition coefficient (Wildman–Crippen LogP) is 4.97. The maximum atomic E-state index is 12.4. The van der Waals surface area contributed by atoms with Gasteiger partial charge in [-0.05, 0) is 36.1 Å². The fourth-order valence-electron chi connectivity index (χ4n) is 4.43. The zero-order valence-corrected chi connectivity index (χ0v) is 16.7. The van der Waals surface area contributed by atoms with Crippen molar-refractivity contribution in [1.29, 1.82) is 0 Å². The number of hydrogen-bond donors (Lipinski definition) is 1. The highest BCUT2D eigenvalue weighted by atomic mass is 35.5. The third-order valence-electron chi connectivity index (χ3n) is 5.64. The molecule has 0 unspecified atom stereocenters. The molecule has 4 rings (SSSR count). The molecule has 1 aliphatic carbocycles. The van der Waals surface area contributed by atoms with Crippen molar-refractivity contribution in [3.63, 3.8) is 0 Å².